The fourth-order valence-corrected chi connectivity index (χ4v) is 1.79. The molecule has 2 rings (SSSR count). The largest absolute Gasteiger partial charge is 0.257 e. The number of hydrogen-bond donors (Lipinski definition) is 0. The molecule has 0 aliphatic carbocycles. The van der Waals surface area contributed by atoms with Gasteiger partial charge >= 0.3 is 0 Å². The molecule has 1 aliphatic rings. The number of amidine groups is 1. The molecule has 91 valence electrons. The minimum atomic E-state index is -0.514. The van der Waals surface area contributed by atoms with Crippen LogP contribution in [0.1, 0.15) is 33.3 Å². The molecule has 0 saturated carbocycles. The fourth-order valence-electron chi connectivity index (χ4n) is 1.79. The summed E-state index contributed by atoms with van der Waals surface area (Å²) in [5.74, 6) is 0.528. The van der Waals surface area contributed by atoms with Crippen LogP contribution in [0.15, 0.2) is 29.5 Å². The second-order valence-corrected chi connectivity index (χ2v) is 5.60. The lowest BCUT2D eigenvalue weighted by Crippen LogP contribution is -2.50. The van der Waals surface area contributed by atoms with Crippen molar-refractivity contribution in [2.24, 2.45) is 12.0 Å². The van der Waals surface area contributed by atoms with Crippen LogP contribution >= 0.6 is 0 Å². The Kier molecular flexibility index (Phi) is 2.51. The van der Waals surface area contributed by atoms with Crippen molar-refractivity contribution in [3.05, 3.63) is 30.1 Å². The summed E-state index contributed by atoms with van der Waals surface area (Å²) >= 11 is 0. The molecule has 1 aromatic rings. The van der Waals surface area contributed by atoms with Gasteiger partial charge in [-0.3, -0.25) is 4.99 Å². The van der Waals surface area contributed by atoms with E-state index in [0.29, 0.717) is 5.84 Å². The summed E-state index contributed by atoms with van der Waals surface area (Å²) in [5, 5.41) is 13.3. The number of rotatable bonds is 1. The van der Waals surface area contributed by atoms with Gasteiger partial charge < -0.3 is 0 Å². The molecule has 0 unspecified atom stereocenters. The number of aryl methyl sites for hydroxylation is 1. The molecule has 17 heavy (non-hydrogen) atoms. The minimum Gasteiger partial charge on any atom is -0.257 e. The lowest BCUT2D eigenvalue weighted by molar-refractivity contribution is -0.671. The van der Waals surface area contributed by atoms with Crippen LogP contribution in [0.5, 0.6) is 0 Å². The molecule has 0 aromatic carbocycles. The average Bonchev–Trinajstić information content (AvgIpc) is 2.40. The maximum atomic E-state index is 12.3. The van der Waals surface area contributed by atoms with Gasteiger partial charge in [-0.1, -0.05) is 5.21 Å². The molecule has 0 atom stereocenters. The quantitative estimate of drug-likeness (QED) is 0.677. The van der Waals surface area contributed by atoms with Gasteiger partial charge in [0.1, 0.15) is 7.05 Å². The predicted molar refractivity (Wildman–Crippen MR) is 64.8 cm³/mol. The fraction of sp³-hybridized carbons (Fsp3) is 0.538. The van der Waals surface area contributed by atoms with Crippen molar-refractivity contribution >= 4 is 5.84 Å². The second kappa shape index (κ2) is 3.53. The van der Waals surface area contributed by atoms with Gasteiger partial charge in [-0.15, -0.1) is 0 Å². The number of pyridine rings is 1. The second-order valence-electron chi connectivity index (χ2n) is 5.60. The molecule has 0 N–H and O–H groups in total. The maximum Gasteiger partial charge on any atom is 0.169 e. The third-order valence-electron chi connectivity index (χ3n) is 3.82. The zero-order valence-corrected chi connectivity index (χ0v) is 11.1. The topological polar surface area (TPSA) is 39.4 Å². The Morgan fingerprint density at radius 3 is 2.12 bits per heavy atom. The molecule has 0 amide bonds. The van der Waals surface area contributed by atoms with E-state index in [2.05, 4.69) is 4.99 Å². The summed E-state index contributed by atoms with van der Waals surface area (Å²) < 4.78 is 1.93. The van der Waals surface area contributed by atoms with Crippen LogP contribution in [-0.4, -0.2) is 22.0 Å². The Balaban J connectivity index is 2.45. The van der Waals surface area contributed by atoms with Crippen molar-refractivity contribution in [1.82, 2.24) is 5.06 Å². The van der Waals surface area contributed by atoms with E-state index in [0.717, 1.165) is 10.6 Å². The summed E-state index contributed by atoms with van der Waals surface area (Å²) in [6.07, 6.45) is 3.84. The van der Waals surface area contributed by atoms with Gasteiger partial charge in [0.15, 0.2) is 18.2 Å². The van der Waals surface area contributed by atoms with Gasteiger partial charge in [-0.2, -0.15) is 5.06 Å². The SMILES string of the molecule is C[n+]1ccc(C2=NC(C)(C)C(C)(C)N2[O])cc1. The Morgan fingerprint density at radius 1 is 1.18 bits per heavy atom. The monoisotopic (exact) mass is 233 g/mol. The highest BCUT2D eigenvalue weighted by Crippen LogP contribution is 2.37. The molecule has 4 nitrogen and oxygen atoms in total. The van der Waals surface area contributed by atoms with Gasteiger partial charge in [0, 0.05) is 17.7 Å². The van der Waals surface area contributed by atoms with Crippen LogP contribution in [0.25, 0.3) is 0 Å². The lowest BCUT2D eigenvalue weighted by Gasteiger charge is -2.35. The normalized spacial score (nSPS) is 21.5. The van der Waals surface area contributed by atoms with E-state index >= 15 is 0 Å². The lowest BCUT2D eigenvalue weighted by atomic mass is 9.84. The van der Waals surface area contributed by atoms with Crippen molar-refractivity contribution in [2.45, 2.75) is 38.8 Å². The first kappa shape index (κ1) is 12.0. The first-order valence-electron chi connectivity index (χ1n) is 5.78. The van der Waals surface area contributed by atoms with Crippen LogP contribution in [0.3, 0.4) is 0 Å². The third-order valence-corrected chi connectivity index (χ3v) is 3.82. The molecule has 0 bridgehead atoms. The molecular formula is C13H19N3O+. The van der Waals surface area contributed by atoms with E-state index in [4.69, 9.17) is 0 Å². The first-order valence-corrected chi connectivity index (χ1v) is 5.78. The molecule has 4 heteroatoms. The first-order chi connectivity index (χ1) is 7.75. The van der Waals surface area contributed by atoms with Crippen molar-refractivity contribution in [3.8, 4) is 0 Å². The third kappa shape index (κ3) is 1.72. The molecular weight excluding hydrogens is 214 g/mol. The Hall–Kier alpha value is -1.42. The minimum absolute atomic E-state index is 0.373. The molecule has 0 spiro atoms. The highest BCUT2D eigenvalue weighted by atomic mass is 16.5. The van der Waals surface area contributed by atoms with E-state index in [1.807, 2.05) is 63.8 Å². The molecule has 2 heterocycles. The van der Waals surface area contributed by atoms with E-state index in [9.17, 15) is 5.21 Å². The predicted octanol–water partition coefficient (Wildman–Crippen LogP) is 1.48. The highest BCUT2D eigenvalue weighted by Gasteiger charge is 2.50. The molecule has 1 aliphatic heterocycles. The Bertz CT molecular complexity index is 460. The van der Waals surface area contributed by atoms with Crippen LogP contribution < -0.4 is 4.57 Å². The van der Waals surface area contributed by atoms with Crippen LogP contribution in [0.2, 0.25) is 0 Å². The van der Waals surface area contributed by atoms with Gasteiger partial charge in [0.05, 0.1) is 11.1 Å². The number of hydroxylamine groups is 2. The Labute approximate surface area is 102 Å². The maximum absolute atomic E-state index is 12.3. The molecule has 0 saturated heterocycles. The zero-order valence-electron chi connectivity index (χ0n) is 11.1. The summed E-state index contributed by atoms with van der Waals surface area (Å²) in [6.45, 7) is 7.85. The summed E-state index contributed by atoms with van der Waals surface area (Å²) in [6, 6.07) is 3.84. The van der Waals surface area contributed by atoms with E-state index < -0.39 is 5.54 Å². The molecule has 1 radical (unpaired) electrons. The highest BCUT2D eigenvalue weighted by molar-refractivity contribution is 6.00. The van der Waals surface area contributed by atoms with Gasteiger partial charge in [0.2, 0.25) is 0 Å². The smallest absolute Gasteiger partial charge is 0.169 e. The van der Waals surface area contributed by atoms with Gasteiger partial charge in [0.25, 0.3) is 0 Å². The summed E-state index contributed by atoms with van der Waals surface area (Å²) in [7, 11) is 1.95. The summed E-state index contributed by atoms with van der Waals surface area (Å²) in [4.78, 5) is 4.57. The summed E-state index contributed by atoms with van der Waals surface area (Å²) in [5.41, 5.74) is -0.0144. The molecule has 0 fully saturated rings. The average molecular weight is 233 g/mol. The van der Waals surface area contributed by atoms with Crippen molar-refractivity contribution in [2.75, 3.05) is 0 Å². The number of aromatic nitrogens is 1. The van der Waals surface area contributed by atoms with Crippen molar-refractivity contribution < 1.29 is 9.77 Å². The Morgan fingerprint density at radius 2 is 1.71 bits per heavy atom. The standard InChI is InChI=1S/C13H19N3O/c1-12(2)13(3,4)16(17)11(14-12)10-6-8-15(5)9-7-10/h6-9H,1-5H3/q+1. The number of nitrogens with zero attached hydrogens (tertiary/aromatic N) is 3. The van der Waals surface area contributed by atoms with Crippen molar-refractivity contribution in [1.29, 1.82) is 0 Å². The van der Waals surface area contributed by atoms with E-state index in [-0.39, 0.29) is 5.54 Å². The van der Waals surface area contributed by atoms with Crippen LogP contribution in [-0.2, 0) is 12.3 Å². The van der Waals surface area contributed by atoms with Crippen molar-refractivity contribution in [3.63, 3.8) is 0 Å². The van der Waals surface area contributed by atoms with Gasteiger partial charge in [-0.05, 0) is 27.7 Å². The zero-order chi connectivity index (χ0) is 12.8. The van der Waals surface area contributed by atoms with Crippen LogP contribution in [0.4, 0.5) is 0 Å². The van der Waals surface area contributed by atoms with Crippen LogP contribution in [0, 0.1) is 0 Å². The molecule has 1 aromatic heterocycles. The van der Waals surface area contributed by atoms with Gasteiger partial charge in [-0.25, -0.2) is 4.57 Å². The van der Waals surface area contributed by atoms with E-state index in [1.165, 1.54) is 0 Å². The number of hydrogen-bond acceptors (Lipinski definition) is 2. The number of aliphatic imine (C=N–C) groups is 1. The van der Waals surface area contributed by atoms with E-state index in [1.54, 1.807) is 0 Å².